The monoisotopic (exact) mass is 176 g/mol. The van der Waals surface area contributed by atoms with Crippen LogP contribution in [0.5, 0.6) is 0 Å². The SMILES string of the molecule is O=Cc1cccc([C@H]2CCCN2)n1. The van der Waals surface area contributed by atoms with Crippen molar-refractivity contribution in [2.75, 3.05) is 6.54 Å². The molecule has 3 heteroatoms. The Labute approximate surface area is 77.2 Å². The average molecular weight is 176 g/mol. The molecule has 0 saturated carbocycles. The molecule has 1 aliphatic rings. The van der Waals surface area contributed by atoms with Crippen molar-refractivity contribution in [1.82, 2.24) is 10.3 Å². The molecule has 0 amide bonds. The molecule has 0 aliphatic carbocycles. The summed E-state index contributed by atoms with van der Waals surface area (Å²) in [5, 5.41) is 3.35. The van der Waals surface area contributed by atoms with Crippen LogP contribution >= 0.6 is 0 Å². The van der Waals surface area contributed by atoms with Crippen LogP contribution in [0.15, 0.2) is 18.2 Å². The van der Waals surface area contributed by atoms with Crippen LogP contribution in [0.1, 0.15) is 35.1 Å². The zero-order valence-electron chi connectivity index (χ0n) is 7.36. The van der Waals surface area contributed by atoms with Crippen LogP contribution < -0.4 is 5.32 Å². The number of nitrogens with one attached hydrogen (secondary N) is 1. The summed E-state index contributed by atoms with van der Waals surface area (Å²) in [6.45, 7) is 1.05. The minimum Gasteiger partial charge on any atom is -0.309 e. The Morgan fingerprint density at radius 1 is 1.54 bits per heavy atom. The molecule has 1 aliphatic heterocycles. The van der Waals surface area contributed by atoms with Gasteiger partial charge in [0.05, 0.1) is 5.69 Å². The van der Waals surface area contributed by atoms with Gasteiger partial charge in [-0.05, 0) is 31.5 Å². The van der Waals surface area contributed by atoms with Gasteiger partial charge >= 0.3 is 0 Å². The Morgan fingerprint density at radius 3 is 3.15 bits per heavy atom. The average Bonchev–Trinajstić information content (AvgIpc) is 2.71. The van der Waals surface area contributed by atoms with Gasteiger partial charge in [0.2, 0.25) is 0 Å². The third-order valence-electron chi connectivity index (χ3n) is 2.33. The molecule has 0 spiro atoms. The van der Waals surface area contributed by atoms with Gasteiger partial charge in [-0.25, -0.2) is 4.98 Å². The minimum absolute atomic E-state index is 0.347. The van der Waals surface area contributed by atoms with E-state index in [1.807, 2.05) is 12.1 Å². The number of nitrogens with zero attached hydrogens (tertiary/aromatic N) is 1. The summed E-state index contributed by atoms with van der Waals surface area (Å²) in [4.78, 5) is 14.7. The molecule has 0 aromatic carbocycles. The number of rotatable bonds is 2. The van der Waals surface area contributed by atoms with Gasteiger partial charge < -0.3 is 5.32 Å². The molecule has 3 nitrogen and oxygen atoms in total. The normalized spacial score (nSPS) is 21.7. The van der Waals surface area contributed by atoms with Crippen LogP contribution in [-0.4, -0.2) is 17.8 Å². The summed E-state index contributed by atoms with van der Waals surface area (Å²) in [6.07, 6.45) is 3.10. The third kappa shape index (κ3) is 1.75. The zero-order chi connectivity index (χ0) is 9.10. The lowest BCUT2D eigenvalue weighted by Crippen LogP contribution is -2.14. The Kier molecular flexibility index (Phi) is 2.36. The zero-order valence-corrected chi connectivity index (χ0v) is 7.36. The van der Waals surface area contributed by atoms with Crippen molar-refractivity contribution in [1.29, 1.82) is 0 Å². The molecule has 1 aromatic heterocycles. The summed E-state index contributed by atoms with van der Waals surface area (Å²) in [6, 6.07) is 5.92. The first-order valence-electron chi connectivity index (χ1n) is 4.55. The van der Waals surface area contributed by atoms with Crippen LogP contribution in [0.3, 0.4) is 0 Å². The molecule has 13 heavy (non-hydrogen) atoms. The Balaban J connectivity index is 2.23. The molecule has 68 valence electrons. The smallest absolute Gasteiger partial charge is 0.168 e. The van der Waals surface area contributed by atoms with Crippen LogP contribution in [0.4, 0.5) is 0 Å². The Morgan fingerprint density at radius 2 is 2.46 bits per heavy atom. The van der Waals surface area contributed by atoms with Gasteiger partial charge in [0, 0.05) is 6.04 Å². The van der Waals surface area contributed by atoms with E-state index in [0.29, 0.717) is 11.7 Å². The van der Waals surface area contributed by atoms with Crippen LogP contribution in [0.2, 0.25) is 0 Å². The summed E-state index contributed by atoms with van der Waals surface area (Å²) < 4.78 is 0. The Bertz CT molecular complexity index is 306. The first kappa shape index (κ1) is 8.38. The van der Waals surface area contributed by atoms with Crippen LogP contribution in [0, 0.1) is 0 Å². The van der Waals surface area contributed by atoms with E-state index in [1.54, 1.807) is 6.07 Å². The highest BCUT2D eigenvalue weighted by Gasteiger charge is 2.16. The topological polar surface area (TPSA) is 42.0 Å². The van der Waals surface area contributed by atoms with E-state index >= 15 is 0 Å². The van der Waals surface area contributed by atoms with Gasteiger partial charge in [-0.1, -0.05) is 6.07 Å². The molecule has 1 aromatic rings. The van der Waals surface area contributed by atoms with Crippen LogP contribution in [-0.2, 0) is 0 Å². The first-order valence-corrected chi connectivity index (χ1v) is 4.55. The van der Waals surface area contributed by atoms with Gasteiger partial charge in [-0.3, -0.25) is 4.79 Å². The molecule has 2 heterocycles. The lowest BCUT2D eigenvalue weighted by Gasteiger charge is -2.08. The van der Waals surface area contributed by atoms with Gasteiger partial charge in [0.25, 0.3) is 0 Å². The summed E-state index contributed by atoms with van der Waals surface area (Å²) in [5.41, 5.74) is 1.51. The predicted octanol–water partition coefficient (Wildman–Crippen LogP) is 1.32. The van der Waals surface area contributed by atoms with Crippen molar-refractivity contribution in [2.24, 2.45) is 0 Å². The molecular weight excluding hydrogens is 164 g/mol. The summed E-state index contributed by atoms with van der Waals surface area (Å²) in [5.74, 6) is 0. The second-order valence-corrected chi connectivity index (χ2v) is 3.25. The lowest BCUT2D eigenvalue weighted by atomic mass is 10.1. The molecule has 1 fully saturated rings. The fourth-order valence-corrected chi connectivity index (χ4v) is 1.67. The second-order valence-electron chi connectivity index (χ2n) is 3.25. The van der Waals surface area contributed by atoms with Gasteiger partial charge in [0.15, 0.2) is 6.29 Å². The standard InChI is InChI=1S/C10H12N2O/c13-7-8-3-1-4-10(12-8)9-5-2-6-11-9/h1,3-4,7,9,11H,2,5-6H2/t9-/m1/s1. The predicted molar refractivity (Wildman–Crippen MR) is 49.6 cm³/mol. The van der Waals surface area contributed by atoms with E-state index in [-0.39, 0.29) is 0 Å². The van der Waals surface area contributed by atoms with Crippen molar-refractivity contribution in [3.63, 3.8) is 0 Å². The molecular formula is C10H12N2O. The number of aromatic nitrogens is 1. The molecule has 2 rings (SSSR count). The lowest BCUT2D eigenvalue weighted by molar-refractivity contribution is 0.111. The van der Waals surface area contributed by atoms with Gasteiger partial charge in [-0.15, -0.1) is 0 Å². The fraction of sp³-hybridized carbons (Fsp3) is 0.400. The van der Waals surface area contributed by atoms with E-state index in [2.05, 4.69) is 10.3 Å². The summed E-state index contributed by atoms with van der Waals surface area (Å²) in [7, 11) is 0. The first-order chi connectivity index (χ1) is 6.40. The van der Waals surface area contributed by atoms with Crippen LogP contribution in [0.25, 0.3) is 0 Å². The molecule has 0 bridgehead atoms. The largest absolute Gasteiger partial charge is 0.309 e. The van der Waals surface area contributed by atoms with Crippen molar-refractivity contribution in [2.45, 2.75) is 18.9 Å². The minimum atomic E-state index is 0.347. The third-order valence-corrected chi connectivity index (χ3v) is 2.33. The van der Waals surface area contributed by atoms with E-state index in [0.717, 1.165) is 24.9 Å². The Hall–Kier alpha value is -1.22. The molecule has 1 N–H and O–H groups in total. The number of carbonyl (C=O) groups excluding carboxylic acids is 1. The number of aldehydes is 1. The van der Waals surface area contributed by atoms with Crippen molar-refractivity contribution >= 4 is 6.29 Å². The maximum absolute atomic E-state index is 10.5. The highest BCUT2D eigenvalue weighted by molar-refractivity contribution is 5.71. The molecule has 1 atom stereocenters. The van der Waals surface area contributed by atoms with Gasteiger partial charge in [-0.2, -0.15) is 0 Å². The maximum Gasteiger partial charge on any atom is 0.168 e. The van der Waals surface area contributed by atoms with E-state index in [4.69, 9.17) is 0 Å². The fourth-order valence-electron chi connectivity index (χ4n) is 1.67. The van der Waals surface area contributed by atoms with E-state index < -0.39 is 0 Å². The molecule has 0 radical (unpaired) electrons. The number of carbonyl (C=O) groups is 1. The molecule has 1 saturated heterocycles. The van der Waals surface area contributed by atoms with E-state index in [9.17, 15) is 4.79 Å². The number of hydrogen-bond donors (Lipinski definition) is 1. The van der Waals surface area contributed by atoms with Gasteiger partial charge in [0.1, 0.15) is 5.69 Å². The highest BCUT2D eigenvalue weighted by Crippen LogP contribution is 2.20. The maximum atomic E-state index is 10.5. The molecule has 0 unspecified atom stereocenters. The number of hydrogen-bond acceptors (Lipinski definition) is 3. The van der Waals surface area contributed by atoms with Crippen molar-refractivity contribution < 1.29 is 4.79 Å². The number of pyridine rings is 1. The van der Waals surface area contributed by atoms with Crippen molar-refractivity contribution in [3.05, 3.63) is 29.6 Å². The summed E-state index contributed by atoms with van der Waals surface area (Å²) >= 11 is 0. The quantitative estimate of drug-likeness (QED) is 0.691. The van der Waals surface area contributed by atoms with E-state index in [1.165, 1.54) is 6.42 Å². The second kappa shape index (κ2) is 3.66. The highest BCUT2D eigenvalue weighted by atomic mass is 16.1. The van der Waals surface area contributed by atoms with Crippen molar-refractivity contribution in [3.8, 4) is 0 Å².